The van der Waals surface area contributed by atoms with Gasteiger partial charge >= 0.3 is 0 Å². The molecule has 5 nitrogen and oxygen atoms in total. The van der Waals surface area contributed by atoms with E-state index in [1.165, 1.54) is 31.8 Å². The molecule has 1 amide bonds. The van der Waals surface area contributed by atoms with Crippen LogP contribution in [0.2, 0.25) is 0 Å². The summed E-state index contributed by atoms with van der Waals surface area (Å²) in [7, 11) is 1.69. The third-order valence-electron chi connectivity index (χ3n) is 4.57. The number of ether oxygens (including phenoxy) is 1. The molecule has 0 aliphatic carbocycles. The van der Waals surface area contributed by atoms with Crippen LogP contribution in [0.25, 0.3) is 0 Å². The zero-order valence-electron chi connectivity index (χ0n) is 14.0. The Morgan fingerprint density at radius 2 is 2.04 bits per heavy atom. The molecule has 5 heteroatoms. The Hall–Kier alpha value is -2.27. The molecule has 128 valence electrons. The molecule has 1 fully saturated rings. The highest BCUT2D eigenvalue weighted by molar-refractivity contribution is 5.93. The fourth-order valence-electron chi connectivity index (χ4n) is 3.29. The Kier molecular flexibility index (Phi) is 5.54. The molecule has 1 saturated heterocycles. The van der Waals surface area contributed by atoms with Gasteiger partial charge in [-0.3, -0.25) is 9.69 Å². The Morgan fingerprint density at radius 1 is 1.25 bits per heavy atom. The molecule has 0 bridgehead atoms. The van der Waals surface area contributed by atoms with Gasteiger partial charge in [0, 0.05) is 12.1 Å². The second kappa shape index (κ2) is 8.02. The summed E-state index contributed by atoms with van der Waals surface area (Å²) in [4.78, 5) is 14.7. The maximum atomic E-state index is 12.3. The number of amides is 1. The molecule has 2 aromatic rings. The van der Waals surface area contributed by atoms with Crippen molar-refractivity contribution in [3.8, 4) is 5.75 Å². The first-order valence-corrected chi connectivity index (χ1v) is 8.47. The van der Waals surface area contributed by atoms with Crippen molar-refractivity contribution in [2.24, 2.45) is 0 Å². The summed E-state index contributed by atoms with van der Waals surface area (Å²) in [6.07, 6.45) is 6.64. The lowest BCUT2D eigenvalue weighted by molar-refractivity contribution is 0.0922. The van der Waals surface area contributed by atoms with Gasteiger partial charge in [0.05, 0.1) is 25.0 Å². The predicted octanol–water partition coefficient (Wildman–Crippen LogP) is 3.25. The Morgan fingerprint density at radius 3 is 2.75 bits per heavy atom. The second-order valence-electron chi connectivity index (χ2n) is 6.08. The highest BCUT2D eigenvalue weighted by Gasteiger charge is 2.25. The molecule has 24 heavy (non-hydrogen) atoms. The molecular weight excluding hydrogens is 304 g/mol. The molecule has 0 radical (unpaired) electrons. The topological polar surface area (TPSA) is 54.7 Å². The first-order valence-electron chi connectivity index (χ1n) is 8.47. The van der Waals surface area contributed by atoms with E-state index >= 15 is 0 Å². The second-order valence-corrected chi connectivity index (χ2v) is 6.08. The van der Waals surface area contributed by atoms with E-state index in [0.717, 1.165) is 24.4 Å². The van der Waals surface area contributed by atoms with E-state index in [1.54, 1.807) is 13.2 Å². The van der Waals surface area contributed by atoms with Crippen LogP contribution in [0.4, 0.5) is 0 Å². The molecule has 1 aliphatic rings. The lowest BCUT2D eigenvalue weighted by Gasteiger charge is -2.35. The molecule has 2 heterocycles. The summed E-state index contributed by atoms with van der Waals surface area (Å²) >= 11 is 0. The van der Waals surface area contributed by atoms with Crippen molar-refractivity contribution in [1.29, 1.82) is 0 Å². The summed E-state index contributed by atoms with van der Waals surface area (Å²) in [5, 5.41) is 3.04. The number of benzene rings is 1. The number of carbonyl (C=O) groups is 1. The van der Waals surface area contributed by atoms with Crippen molar-refractivity contribution >= 4 is 5.91 Å². The van der Waals surface area contributed by atoms with E-state index in [0.29, 0.717) is 12.1 Å². The van der Waals surface area contributed by atoms with Crippen LogP contribution in [0, 0.1) is 0 Å². The summed E-state index contributed by atoms with van der Waals surface area (Å²) in [5.41, 5.74) is 1.67. The number of nitrogens with zero attached hydrogens (tertiary/aromatic N) is 1. The Bertz CT molecular complexity index is 648. The van der Waals surface area contributed by atoms with E-state index in [-0.39, 0.29) is 11.9 Å². The fraction of sp³-hybridized carbons (Fsp3) is 0.421. The molecule has 1 unspecified atom stereocenters. The number of rotatable bonds is 6. The molecule has 1 aliphatic heterocycles. The number of furan rings is 1. The van der Waals surface area contributed by atoms with E-state index in [2.05, 4.69) is 16.3 Å². The van der Waals surface area contributed by atoms with Crippen LogP contribution in [0.1, 0.15) is 41.2 Å². The van der Waals surface area contributed by atoms with Crippen LogP contribution in [0.5, 0.6) is 5.75 Å². The molecule has 0 saturated carbocycles. The Balaban J connectivity index is 1.78. The van der Waals surface area contributed by atoms with E-state index < -0.39 is 0 Å². The quantitative estimate of drug-likeness (QED) is 0.884. The first-order chi connectivity index (χ1) is 11.8. The van der Waals surface area contributed by atoms with Gasteiger partial charge in [0.1, 0.15) is 12.0 Å². The van der Waals surface area contributed by atoms with Gasteiger partial charge in [-0.1, -0.05) is 24.6 Å². The number of methoxy groups -OCH3 is 1. The first kappa shape index (κ1) is 16.6. The normalized spacial score (nSPS) is 16.5. The van der Waals surface area contributed by atoms with E-state index in [4.69, 9.17) is 9.15 Å². The monoisotopic (exact) mass is 328 g/mol. The zero-order valence-corrected chi connectivity index (χ0v) is 14.0. The standard InChI is InChI=1S/C19H24N2O3/c1-23-18-8-4-3-7-16(18)17(21-10-5-2-6-11-21)13-20-19(22)15-9-12-24-14-15/h3-4,7-9,12,14,17H,2,5-6,10-11,13H2,1H3,(H,20,22). The summed E-state index contributed by atoms with van der Waals surface area (Å²) < 4.78 is 10.5. The fourth-order valence-corrected chi connectivity index (χ4v) is 3.29. The molecule has 0 spiro atoms. The van der Waals surface area contributed by atoms with Crippen LogP contribution in [0.15, 0.2) is 47.3 Å². The number of carbonyl (C=O) groups excluding carboxylic acids is 1. The summed E-state index contributed by atoms with van der Waals surface area (Å²) in [5.74, 6) is 0.756. The van der Waals surface area contributed by atoms with Crippen LogP contribution >= 0.6 is 0 Å². The minimum absolute atomic E-state index is 0.109. The maximum Gasteiger partial charge on any atom is 0.254 e. The number of para-hydroxylation sites is 1. The van der Waals surface area contributed by atoms with Gasteiger partial charge in [0.15, 0.2) is 0 Å². The highest BCUT2D eigenvalue weighted by Crippen LogP contribution is 2.30. The molecule has 1 aromatic carbocycles. The van der Waals surface area contributed by atoms with E-state index in [9.17, 15) is 4.79 Å². The minimum Gasteiger partial charge on any atom is -0.496 e. The minimum atomic E-state index is -0.111. The van der Waals surface area contributed by atoms with Crippen molar-refractivity contribution in [3.63, 3.8) is 0 Å². The summed E-state index contributed by atoms with van der Waals surface area (Å²) in [6, 6.07) is 9.84. The van der Waals surface area contributed by atoms with Crippen molar-refractivity contribution in [2.75, 3.05) is 26.7 Å². The van der Waals surface area contributed by atoms with Gasteiger partial charge in [-0.05, 0) is 38.1 Å². The molecule has 1 aromatic heterocycles. The molecule has 1 N–H and O–H groups in total. The van der Waals surface area contributed by atoms with Gasteiger partial charge in [-0.25, -0.2) is 0 Å². The van der Waals surface area contributed by atoms with Gasteiger partial charge < -0.3 is 14.5 Å². The van der Waals surface area contributed by atoms with Gasteiger partial charge in [0.2, 0.25) is 0 Å². The predicted molar refractivity (Wildman–Crippen MR) is 92.2 cm³/mol. The van der Waals surface area contributed by atoms with Crippen molar-refractivity contribution in [1.82, 2.24) is 10.2 Å². The highest BCUT2D eigenvalue weighted by atomic mass is 16.5. The molecule has 1 atom stereocenters. The SMILES string of the molecule is COc1ccccc1C(CNC(=O)c1ccoc1)N1CCCCC1. The smallest absolute Gasteiger partial charge is 0.254 e. The molecule has 3 rings (SSSR count). The third kappa shape index (κ3) is 3.79. The average molecular weight is 328 g/mol. The lowest BCUT2D eigenvalue weighted by atomic mass is 10.0. The maximum absolute atomic E-state index is 12.3. The van der Waals surface area contributed by atoms with Crippen molar-refractivity contribution in [3.05, 3.63) is 54.0 Å². The summed E-state index contributed by atoms with van der Waals surface area (Å²) in [6.45, 7) is 2.64. The Labute approximate surface area is 142 Å². The lowest BCUT2D eigenvalue weighted by Crippen LogP contribution is -2.40. The van der Waals surface area contributed by atoms with Gasteiger partial charge in [-0.15, -0.1) is 0 Å². The van der Waals surface area contributed by atoms with Gasteiger partial charge in [-0.2, -0.15) is 0 Å². The number of nitrogens with one attached hydrogen (secondary N) is 1. The van der Waals surface area contributed by atoms with Crippen LogP contribution < -0.4 is 10.1 Å². The zero-order chi connectivity index (χ0) is 16.8. The number of hydrogen-bond acceptors (Lipinski definition) is 4. The number of piperidine rings is 1. The van der Waals surface area contributed by atoms with Crippen LogP contribution in [-0.4, -0.2) is 37.6 Å². The van der Waals surface area contributed by atoms with Crippen LogP contribution in [-0.2, 0) is 0 Å². The van der Waals surface area contributed by atoms with Crippen molar-refractivity contribution < 1.29 is 13.9 Å². The third-order valence-corrected chi connectivity index (χ3v) is 4.57. The number of hydrogen-bond donors (Lipinski definition) is 1. The van der Waals surface area contributed by atoms with E-state index in [1.807, 2.05) is 18.2 Å². The van der Waals surface area contributed by atoms with Gasteiger partial charge in [0.25, 0.3) is 5.91 Å². The largest absolute Gasteiger partial charge is 0.496 e. The van der Waals surface area contributed by atoms with Crippen LogP contribution in [0.3, 0.4) is 0 Å². The number of likely N-dealkylation sites (tertiary alicyclic amines) is 1. The molecular formula is C19H24N2O3. The average Bonchev–Trinajstić information content (AvgIpc) is 3.18. The van der Waals surface area contributed by atoms with Crippen molar-refractivity contribution in [2.45, 2.75) is 25.3 Å².